The van der Waals surface area contributed by atoms with Crippen LogP contribution in [0.15, 0.2) is 24.3 Å². The number of amides is 1. The van der Waals surface area contributed by atoms with Gasteiger partial charge in [0.05, 0.1) is 12.6 Å². The number of carbonyl (C=O) groups excluding carboxylic acids is 1. The summed E-state index contributed by atoms with van der Waals surface area (Å²) in [5, 5.41) is 11.8. The number of aryl methyl sites for hydroxylation is 1. The maximum atomic E-state index is 11.7. The van der Waals surface area contributed by atoms with Crippen molar-refractivity contribution in [2.75, 3.05) is 25.6 Å². The largest absolute Gasteiger partial charge is 0.394 e. The number of nitrogens with zero attached hydrogens (tertiary/aromatic N) is 1. The molecule has 0 aliphatic heterocycles. The van der Waals surface area contributed by atoms with Gasteiger partial charge >= 0.3 is 0 Å². The number of rotatable bonds is 7. The first-order valence-electron chi connectivity index (χ1n) is 6.73. The van der Waals surface area contributed by atoms with Gasteiger partial charge in [0, 0.05) is 26.2 Å². The van der Waals surface area contributed by atoms with E-state index in [0.717, 1.165) is 24.1 Å². The second-order valence-corrected chi connectivity index (χ2v) is 4.92. The Hall–Kier alpha value is -1.55. The van der Waals surface area contributed by atoms with E-state index < -0.39 is 0 Å². The molecular weight excluding hydrogens is 240 g/mol. The molecule has 0 spiro atoms. The lowest BCUT2D eigenvalue weighted by atomic mass is 10.1. The van der Waals surface area contributed by atoms with Gasteiger partial charge in [0.15, 0.2) is 0 Å². The van der Waals surface area contributed by atoms with Crippen molar-refractivity contribution >= 4 is 11.6 Å². The number of carbonyl (C=O) groups is 1. The summed E-state index contributed by atoms with van der Waals surface area (Å²) < 4.78 is 0. The summed E-state index contributed by atoms with van der Waals surface area (Å²) in [6.07, 6.45) is 1.93. The number of hydrogen-bond acceptors (Lipinski definition) is 3. The Morgan fingerprint density at radius 2 is 1.95 bits per heavy atom. The zero-order chi connectivity index (χ0) is 14.3. The predicted octanol–water partition coefficient (Wildman–Crippen LogP) is 1.57. The molecule has 0 aliphatic carbocycles. The van der Waals surface area contributed by atoms with Gasteiger partial charge in [-0.15, -0.1) is 0 Å². The molecule has 106 valence electrons. The fourth-order valence-electron chi connectivity index (χ4n) is 1.80. The van der Waals surface area contributed by atoms with E-state index >= 15 is 0 Å². The molecule has 19 heavy (non-hydrogen) atoms. The second kappa shape index (κ2) is 7.79. The normalized spacial score (nSPS) is 12.0. The zero-order valence-corrected chi connectivity index (χ0v) is 12.0. The smallest absolute Gasteiger partial charge is 0.220 e. The van der Waals surface area contributed by atoms with E-state index in [-0.39, 0.29) is 18.6 Å². The van der Waals surface area contributed by atoms with Crippen molar-refractivity contribution in [3.63, 3.8) is 0 Å². The molecule has 1 aromatic carbocycles. The summed E-state index contributed by atoms with van der Waals surface area (Å²) in [4.78, 5) is 13.7. The molecule has 0 bridgehead atoms. The number of aliphatic hydroxyl groups is 1. The molecule has 0 aliphatic rings. The Kier molecular flexibility index (Phi) is 6.36. The molecule has 1 amide bonds. The quantitative estimate of drug-likeness (QED) is 0.786. The minimum Gasteiger partial charge on any atom is -0.394 e. The first-order chi connectivity index (χ1) is 9.06. The standard InChI is InChI=1S/C15H24N2O2/c1-4-13(11-18)16-15(19)10-7-12-5-8-14(9-6-12)17(2)3/h5-6,8-9,13,18H,4,7,10-11H2,1-3H3,(H,16,19). The van der Waals surface area contributed by atoms with E-state index in [9.17, 15) is 4.79 Å². The zero-order valence-electron chi connectivity index (χ0n) is 12.0. The fourth-order valence-corrected chi connectivity index (χ4v) is 1.80. The average Bonchev–Trinajstić information content (AvgIpc) is 2.43. The first kappa shape index (κ1) is 15.5. The van der Waals surface area contributed by atoms with Gasteiger partial charge in [-0.3, -0.25) is 4.79 Å². The van der Waals surface area contributed by atoms with Crippen LogP contribution in [0.25, 0.3) is 0 Å². The van der Waals surface area contributed by atoms with Crippen molar-refractivity contribution in [1.29, 1.82) is 0 Å². The van der Waals surface area contributed by atoms with Gasteiger partial charge in [-0.2, -0.15) is 0 Å². The van der Waals surface area contributed by atoms with Gasteiger partial charge in [0.1, 0.15) is 0 Å². The Bertz CT molecular complexity index is 384. The second-order valence-electron chi connectivity index (χ2n) is 4.92. The molecule has 0 radical (unpaired) electrons. The number of anilines is 1. The van der Waals surface area contributed by atoms with Gasteiger partial charge in [-0.1, -0.05) is 19.1 Å². The van der Waals surface area contributed by atoms with Gasteiger partial charge in [0.2, 0.25) is 5.91 Å². The summed E-state index contributed by atoms with van der Waals surface area (Å²) in [7, 11) is 4.00. The third kappa shape index (κ3) is 5.30. The van der Waals surface area contributed by atoms with Crippen molar-refractivity contribution in [2.45, 2.75) is 32.2 Å². The fraction of sp³-hybridized carbons (Fsp3) is 0.533. The van der Waals surface area contributed by atoms with Gasteiger partial charge < -0.3 is 15.3 Å². The monoisotopic (exact) mass is 264 g/mol. The number of benzene rings is 1. The predicted molar refractivity (Wildman–Crippen MR) is 78.4 cm³/mol. The molecule has 4 nitrogen and oxygen atoms in total. The van der Waals surface area contributed by atoms with Crippen LogP contribution < -0.4 is 10.2 Å². The van der Waals surface area contributed by atoms with Gasteiger partial charge in [-0.25, -0.2) is 0 Å². The van der Waals surface area contributed by atoms with E-state index in [1.165, 1.54) is 0 Å². The highest BCUT2D eigenvalue weighted by atomic mass is 16.3. The van der Waals surface area contributed by atoms with Crippen LogP contribution in [0.5, 0.6) is 0 Å². The Morgan fingerprint density at radius 3 is 2.42 bits per heavy atom. The minimum atomic E-state index is -0.122. The van der Waals surface area contributed by atoms with Crippen molar-refractivity contribution < 1.29 is 9.90 Å². The summed E-state index contributed by atoms with van der Waals surface area (Å²) >= 11 is 0. The molecule has 0 saturated carbocycles. The summed E-state index contributed by atoms with van der Waals surface area (Å²) in [5.74, 6) is -0.00224. The molecular formula is C15H24N2O2. The van der Waals surface area contributed by atoms with Crippen LogP contribution in [0.1, 0.15) is 25.3 Å². The van der Waals surface area contributed by atoms with E-state index in [1.807, 2.05) is 38.1 Å². The van der Waals surface area contributed by atoms with Gasteiger partial charge in [0.25, 0.3) is 0 Å². The lowest BCUT2D eigenvalue weighted by Crippen LogP contribution is -2.37. The van der Waals surface area contributed by atoms with Crippen LogP contribution >= 0.6 is 0 Å². The average molecular weight is 264 g/mol. The molecule has 1 aromatic rings. The van der Waals surface area contributed by atoms with Crippen molar-refractivity contribution in [1.82, 2.24) is 5.32 Å². The Morgan fingerprint density at radius 1 is 1.32 bits per heavy atom. The van der Waals surface area contributed by atoms with Gasteiger partial charge in [-0.05, 0) is 30.5 Å². The number of nitrogens with one attached hydrogen (secondary N) is 1. The molecule has 0 fully saturated rings. The molecule has 0 heterocycles. The van der Waals surface area contributed by atoms with Crippen molar-refractivity contribution in [2.24, 2.45) is 0 Å². The number of aliphatic hydroxyl groups excluding tert-OH is 1. The first-order valence-corrected chi connectivity index (χ1v) is 6.73. The molecule has 2 N–H and O–H groups in total. The summed E-state index contributed by atoms with van der Waals surface area (Å²) in [6.45, 7) is 1.95. The summed E-state index contributed by atoms with van der Waals surface area (Å²) in [6, 6.07) is 8.08. The van der Waals surface area contributed by atoms with E-state index in [1.54, 1.807) is 0 Å². The lowest BCUT2D eigenvalue weighted by Gasteiger charge is -2.14. The molecule has 1 atom stereocenters. The molecule has 1 unspecified atom stereocenters. The van der Waals surface area contributed by atoms with E-state index in [2.05, 4.69) is 17.4 Å². The molecule has 0 aromatic heterocycles. The maximum Gasteiger partial charge on any atom is 0.220 e. The topological polar surface area (TPSA) is 52.6 Å². The lowest BCUT2D eigenvalue weighted by molar-refractivity contribution is -0.122. The third-order valence-corrected chi connectivity index (χ3v) is 3.17. The molecule has 4 heteroatoms. The highest BCUT2D eigenvalue weighted by molar-refractivity contribution is 5.76. The van der Waals surface area contributed by atoms with E-state index in [4.69, 9.17) is 5.11 Å². The highest BCUT2D eigenvalue weighted by Gasteiger charge is 2.09. The minimum absolute atomic E-state index is 0.000226. The van der Waals surface area contributed by atoms with Crippen LogP contribution in [0.3, 0.4) is 0 Å². The molecule has 0 saturated heterocycles. The Labute approximate surface area is 115 Å². The van der Waals surface area contributed by atoms with Crippen LogP contribution in [0, 0.1) is 0 Å². The van der Waals surface area contributed by atoms with Crippen LogP contribution in [-0.4, -0.2) is 37.8 Å². The summed E-state index contributed by atoms with van der Waals surface area (Å²) in [5.41, 5.74) is 2.30. The van der Waals surface area contributed by atoms with Crippen molar-refractivity contribution in [3.05, 3.63) is 29.8 Å². The van der Waals surface area contributed by atoms with E-state index in [0.29, 0.717) is 6.42 Å². The van der Waals surface area contributed by atoms with Crippen LogP contribution in [-0.2, 0) is 11.2 Å². The highest BCUT2D eigenvalue weighted by Crippen LogP contribution is 2.13. The van der Waals surface area contributed by atoms with Crippen molar-refractivity contribution in [3.8, 4) is 0 Å². The SMILES string of the molecule is CCC(CO)NC(=O)CCc1ccc(N(C)C)cc1. The maximum absolute atomic E-state index is 11.7. The van der Waals surface area contributed by atoms with Crippen LogP contribution in [0.4, 0.5) is 5.69 Å². The number of hydrogen-bond donors (Lipinski definition) is 2. The Balaban J connectivity index is 2.41. The van der Waals surface area contributed by atoms with Crippen LogP contribution in [0.2, 0.25) is 0 Å². The molecule has 1 rings (SSSR count). The third-order valence-electron chi connectivity index (χ3n) is 3.17.